The van der Waals surface area contributed by atoms with Gasteiger partial charge in [0.1, 0.15) is 11.2 Å². The maximum atomic E-state index is 6.56. The predicted octanol–water partition coefficient (Wildman–Crippen LogP) is 17.7. The molecule has 0 radical (unpaired) electrons. The van der Waals surface area contributed by atoms with Gasteiger partial charge >= 0.3 is 0 Å². The number of hydrogen-bond acceptors (Lipinski definition) is 2. The fourth-order valence-electron chi connectivity index (χ4n) is 9.51. The van der Waals surface area contributed by atoms with Crippen molar-refractivity contribution in [1.82, 2.24) is 0 Å². The van der Waals surface area contributed by atoms with E-state index in [1.165, 1.54) is 66.1 Å². The smallest absolute Gasteiger partial charge is 0.137 e. The van der Waals surface area contributed by atoms with Crippen LogP contribution in [0.2, 0.25) is 0 Å². The summed E-state index contributed by atoms with van der Waals surface area (Å²) in [7, 11) is 0. The van der Waals surface area contributed by atoms with Crippen LogP contribution in [0.15, 0.2) is 253 Å². The Morgan fingerprint density at radius 3 is 1.12 bits per heavy atom. The third-order valence-corrected chi connectivity index (χ3v) is 12.7. The lowest BCUT2D eigenvalue weighted by atomic mass is 9.89. The molecule has 2 heteroatoms. The maximum absolute atomic E-state index is 6.56. The summed E-state index contributed by atoms with van der Waals surface area (Å²) >= 11 is 0. The van der Waals surface area contributed by atoms with Gasteiger partial charge in [-0.15, -0.1) is 0 Å². The van der Waals surface area contributed by atoms with Crippen LogP contribution in [0.5, 0.6) is 0 Å². The minimum absolute atomic E-state index is 0.856. The SMILES string of the molecule is c1ccc(-c2ccc(-c3ccc(-c4ccc(N(c5ccc6c(c5)oc5ccccc56)c5c(-c6ccc(-c7ccccc7)cc6)c6ccccc6c6ccccc56)cc4)cc3)cc2)cc1. The summed E-state index contributed by atoms with van der Waals surface area (Å²) in [4.78, 5) is 2.44. The van der Waals surface area contributed by atoms with Gasteiger partial charge in [0.2, 0.25) is 0 Å². The van der Waals surface area contributed by atoms with Crippen molar-refractivity contribution in [1.29, 1.82) is 0 Å². The lowest BCUT2D eigenvalue weighted by Gasteiger charge is -2.30. The lowest BCUT2D eigenvalue weighted by Crippen LogP contribution is -2.12. The molecule has 12 rings (SSSR count). The van der Waals surface area contributed by atoms with E-state index in [0.29, 0.717) is 0 Å². The first kappa shape index (κ1) is 37.3. The van der Waals surface area contributed by atoms with Crippen molar-refractivity contribution in [3.8, 4) is 55.6 Å². The summed E-state index contributed by atoms with van der Waals surface area (Å²) in [6.45, 7) is 0. The molecule has 0 saturated carbocycles. The Bertz CT molecular complexity index is 3610. The first-order valence-corrected chi connectivity index (χ1v) is 21.9. The molecule has 11 aromatic carbocycles. The van der Waals surface area contributed by atoms with Gasteiger partial charge in [-0.2, -0.15) is 0 Å². The largest absolute Gasteiger partial charge is 0.456 e. The first-order chi connectivity index (χ1) is 31.7. The molecular formula is C62H41NO. The van der Waals surface area contributed by atoms with E-state index in [-0.39, 0.29) is 0 Å². The molecule has 12 aromatic rings. The monoisotopic (exact) mass is 815 g/mol. The molecule has 0 N–H and O–H groups in total. The minimum atomic E-state index is 0.856. The summed E-state index contributed by atoms with van der Waals surface area (Å²) in [6, 6.07) is 89.7. The van der Waals surface area contributed by atoms with Crippen LogP contribution in [0.3, 0.4) is 0 Å². The number of para-hydroxylation sites is 1. The summed E-state index contributed by atoms with van der Waals surface area (Å²) in [5, 5.41) is 7.02. The topological polar surface area (TPSA) is 16.4 Å². The van der Waals surface area contributed by atoms with E-state index in [1.807, 2.05) is 12.1 Å². The minimum Gasteiger partial charge on any atom is -0.456 e. The van der Waals surface area contributed by atoms with Gasteiger partial charge in [0.25, 0.3) is 0 Å². The summed E-state index contributed by atoms with van der Waals surface area (Å²) in [5.41, 5.74) is 16.8. The second-order valence-electron chi connectivity index (χ2n) is 16.4. The number of benzene rings is 11. The Labute approximate surface area is 372 Å². The van der Waals surface area contributed by atoms with E-state index in [0.717, 1.165) is 50.1 Å². The van der Waals surface area contributed by atoms with Crippen molar-refractivity contribution >= 4 is 60.5 Å². The van der Waals surface area contributed by atoms with Crippen LogP contribution in [0.4, 0.5) is 17.1 Å². The van der Waals surface area contributed by atoms with Gasteiger partial charge in [-0.3, -0.25) is 0 Å². The molecule has 1 heterocycles. The fourth-order valence-corrected chi connectivity index (χ4v) is 9.51. The fraction of sp³-hybridized carbons (Fsp3) is 0. The molecule has 0 aliphatic rings. The van der Waals surface area contributed by atoms with Gasteiger partial charge < -0.3 is 9.32 Å². The molecule has 64 heavy (non-hydrogen) atoms. The van der Waals surface area contributed by atoms with E-state index >= 15 is 0 Å². The highest BCUT2D eigenvalue weighted by Crippen LogP contribution is 2.50. The molecule has 0 bridgehead atoms. The van der Waals surface area contributed by atoms with E-state index in [9.17, 15) is 0 Å². The molecule has 0 aliphatic heterocycles. The third kappa shape index (κ3) is 6.61. The Hall–Kier alpha value is -8.46. The number of nitrogens with zero attached hydrogens (tertiary/aromatic N) is 1. The highest BCUT2D eigenvalue weighted by atomic mass is 16.3. The molecule has 0 unspecified atom stereocenters. The van der Waals surface area contributed by atoms with Crippen molar-refractivity contribution in [2.45, 2.75) is 0 Å². The molecule has 0 fully saturated rings. The van der Waals surface area contributed by atoms with Gasteiger partial charge in [-0.05, 0) is 96.6 Å². The number of hydrogen-bond donors (Lipinski definition) is 0. The van der Waals surface area contributed by atoms with Crippen LogP contribution in [-0.4, -0.2) is 0 Å². The maximum Gasteiger partial charge on any atom is 0.137 e. The summed E-state index contributed by atoms with van der Waals surface area (Å²) < 4.78 is 6.56. The number of anilines is 3. The third-order valence-electron chi connectivity index (χ3n) is 12.7. The Morgan fingerprint density at radius 1 is 0.234 bits per heavy atom. The molecule has 300 valence electrons. The zero-order valence-corrected chi connectivity index (χ0v) is 35.0. The van der Waals surface area contributed by atoms with Crippen molar-refractivity contribution < 1.29 is 4.42 Å². The van der Waals surface area contributed by atoms with Gasteiger partial charge in [-0.25, -0.2) is 0 Å². The Kier molecular flexibility index (Phi) is 9.20. The highest BCUT2D eigenvalue weighted by Gasteiger charge is 2.24. The normalized spacial score (nSPS) is 11.4. The number of rotatable bonds is 8. The van der Waals surface area contributed by atoms with Crippen molar-refractivity contribution in [3.63, 3.8) is 0 Å². The second kappa shape index (κ2) is 15.8. The predicted molar refractivity (Wildman–Crippen MR) is 271 cm³/mol. The second-order valence-corrected chi connectivity index (χ2v) is 16.4. The van der Waals surface area contributed by atoms with Gasteiger partial charge in [0, 0.05) is 39.2 Å². The van der Waals surface area contributed by atoms with Crippen LogP contribution in [0, 0.1) is 0 Å². The van der Waals surface area contributed by atoms with Crippen LogP contribution in [-0.2, 0) is 0 Å². The molecule has 0 amide bonds. The molecular weight excluding hydrogens is 775 g/mol. The van der Waals surface area contributed by atoms with E-state index in [2.05, 4.69) is 241 Å². The number of fused-ring (bicyclic) bond motifs is 6. The zero-order valence-electron chi connectivity index (χ0n) is 35.0. The van der Waals surface area contributed by atoms with Crippen LogP contribution >= 0.6 is 0 Å². The Morgan fingerprint density at radius 2 is 0.594 bits per heavy atom. The van der Waals surface area contributed by atoms with Gasteiger partial charge in [0.15, 0.2) is 0 Å². The van der Waals surface area contributed by atoms with E-state index in [1.54, 1.807) is 0 Å². The van der Waals surface area contributed by atoms with E-state index < -0.39 is 0 Å². The molecule has 0 spiro atoms. The lowest BCUT2D eigenvalue weighted by molar-refractivity contribution is 0.669. The van der Waals surface area contributed by atoms with Gasteiger partial charge in [-0.1, -0.05) is 212 Å². The molecule has 2 nitrogen and oxygen atoms in total. The van der Waals surface area contributed by atoms with Crippen LogP contribution in [0.25, 0.3) is 99.1 Å². The molecule has 0 aliphatic carbocycles. The van der Waals surface area contributed by atoms with Crippen molar-refractivity contribution in [2.24, 2.45) is 0 Å². The van der Waals surface area contributed by atoms with E-state index in [4.69, 9.17) is 4.42 Å². The molecule has 0 atom stereocenters. The Balaban J connectivity index is 1.01. The van der Waals surface area contributed by atoms with Gasteiger partial charge in [0.05, 0.1) is 5.69 Å². The summed E-state index contributed by atoms with van der Waals surface area (Å²) in [5.74, 6) is 0. The van der Waals surface area contributed by atoms with Crippen LogP contribution < -0.4 is 4.90 Å². The summed E-state index contributed by atoms with van der Waals surface area (Å²) in [6.07, 6.45) is 0. The van der Waals surface area contributed by atoms with Crippen LogP contribution in [0.1, 0.15) is 0 Å². The average Bonchev–Trinajstić information content (AvgIpc) is 3.75. The standard InChI is InChI=1S/C62H41NO/c1-3-13-42(14-4-1)44-23-25-46(26-24-44)47-27-29-48(30-28-47)49-35-37-51(38-36-49)63(52-39-40-56-55-19-11-12-22-59(55)64-60(56)41-52)62-58-21-10-8-18-54(58)53-17-7-9-20-57(53)61(62)50-33-31-45(32-34-50)43-15-5-2-6-16-43/h1-41H. The molecule has 1 aromatic heterocycles. The quantitative estimate of drug-likeness (QED) is 0.142. The van der Waals surface area contributed by atoms with Crippen molar-refractivity contribution in [3.05, 3.63) is 249 Å². The highest BCUT2D eigenvalue weighted by molar-refractivity contribution is 6.22. The average molecular weight is 816 g/mol. The molecule has 0 saturated heterocycles. The first-order valence-electron chi connectivity index (χ1n) is 21.9. The zero-order chi connectivity index (χ0) is 42.4. The van der Waals surface area contributed by atoms with Crippen molar-refractivity contribution in [2.75, 3.05) is 4.90 Å². The number of furan rings is 1.